The molecule has 21 heavy (non-hydrogen) atoms. The Labute approximate surface area is 127 Å². The van der Waals surface area contributed by atoms with Crippen LogP contribution in [0.15, 0.2) is 18.2 Å². The Balaban J connectivity index is 2.22. The standard InChI is InChI=1S/C16H25BN2O2/c1-11-8-10-19-13(14(11)12(2)18)7-9-17-20-15(3,4)16(5,6)21-17/h7-10,12H,18H2,1-6H3/b9-7+. The first-order chi connectivity index (χ1) is 9.64. The van der Waals surface area contributed by atoms with Crippen molar-refractivity contribution in [2.45, 2.75) is 58.8 Å². The minimum atomic E-state index is -0.363. The van der Waals surface area contributed by atoms with Gasteiger partial charge in [0, 0.05) is 12.2 Å². The molecule has 0 spiro atoms. The van der Waals surface area contributed by atoms with Crippen molar-refractivity contribution in [3.63, 3.8) is 0 Å². The quantitative estimate of drug-likeness (QED) is 0.868. The average molecular weight is 288 g/mol. The van der Waals surface area contributed by atoms with Crippen LogP contribution in [0.3, 0.4) is 0 Å². The molecule has 1 atom stereocenters. The fourth-order valence-electron chi connectivity index (χ4n) is 2.45. The number of aryl methyl sites for hydroxylation is 1. The van der Waals surface area contributed by atoms with E-state index in [1.807, 2.05) is 59.7 Å². The molecule has 0 amide bonds. The second-order valence-corrected chi connectivity index (χ2v) is 6.70. The second kappa shape index (κ2) is 5.56. The summed E-state index contributed by atoms with van der Waals surface area (Å²) in [4.78, 5) is 4.42. The summed E-state index contributed by atoms with van der Waals surface area (Å²) in [6.07, 6.45) is 3.74. The molecule has 1 aromatic heterocycles. The Morgan fingerprint density at radius 2 is 1.81 bits per heavy atom. The van der Waals surface area contributed by atoms with Crippen molar-refractivity contribution < 1.29 is 9.31 Å². The van der Waals surface area contributed by atoms with Gasteiger partial charge in [0.25, 0.3) is 0 Å². The molecular formula is C16H25BN2O2. The smallest absolute Gasteiger partial charge is 0.400 e. The van der Waals surface area contributed by atoms with Crippen molar-refractivity contribution in [2.75, 3.05) is 0 Å². The Hall–Kier alpha value is -1.17. The topological polar surface area (TPSA) is 57.4 Å². The van der Waals surface area contributed by atoms with Crippen molar-refractivity contribution in [3.8, 4) is 0 Å². The molecule has 0 saturated carbocycles. The van der Waals surface area contributed by atoms with Crippen LogP contribution in [0.1, 0.15) is 57.5 Å². The van der Waals surface area contributed by atoms with Gasteiger partial charge < -0.3 is 15.0 Å². The molecule has 5 heteroatoms. The monoisotopic (exact) mass is 288 g/mol. The van der Waals surface area contributed by atoms with Gasteiger partial charge in [-0.3, -0.25) is 4.98 Å². The van der Waals surface area contributed by atoms with Crippen LogP contribution in [0.4, 0.5) is 0 Å². The molecule has 1 aliphatic heterocycles. The normalized spacial score (nSPS) is 22.0. The van der Waals surface area contributed by atoms with Gasteiger partial charge in [-0.1, -0.05) is 5.98 Å². The molecule has 4 nitrogen and oxygen atoms in total. The van der Waals surface area contributed by atoms with Gasteiger partial charge in [0.2, 0.25) is 0 Å². The van der Waals surface area contributed by atoms with E-state index in [1.165, 1.54) is 0 Å². The van der Waals surface area contributed by atoms with E-state index in [9.17, 15) is 0 Å². The Morgan fingerprint density at radius 1 is 1.24 bits per heavy atom. The first-order valence-electron chi connectivity index (χ1n) is 7.39. The highest BCUT2D eigenvalue weighted by molar-refractivity contribution is 6.52. The van der Waals surface area contributed by atoms with Crippen molar-refractivity contribution in [1.82, 2.24) is 4.98 Å². The molecule has 114 valence electrons. The molecule has 2 rings (SSSR count). The molecule has 2 N–H and O–H groups in total. The summed E-state index contributed by atoms with van der Waals surface area (Å²) in [6, 6.07) is 1.92. The molecule has 1 saturated heterocycles. The van der Waals surface area contributed by atoms with E-state index < -0.39 is 0 Å². The highest BCUT2D eigenvalue weighted by Gasteiger charge is 2.50. The fraction of sp³-hybridized carbons (Fsp3) is 0.562. The molecule has 2 heterocycles. The van der Waals surface area contributed by atoms with Crippen LogP contribution in [0.5, 0.6) is 0 Å². The predicted octanol–water partition coefficient (Wildman–Crippen LogP) is 3.05. The highest BCUT2D eigenvalue weighted by atomic mass is 16.7. The third kappa shape index (κ3) is 3.20. The van der Waals surface area contributed by atoms with Crippen LogP contribution < -0.4 is 5.73 Å². The summed E-state index contributed by atoms with van der Waals surface area (Å²) >= 11 is 0. The molecule has 0 aromatic carbocycles. The lowest BCUT2D eigenvalue weighted by Gasteiger charge is -2.32. The summed E-state index contributed by atoms with van der Waals surface area (Å²) in [6.45, 7) is 12.2. The van der Waals surface area contributed by atoms with Crippen LogP contribution in [-0.4, -0.2) is 23.3 Å². The van der Waals surface area contributed by atoms with E-state index >= 15 is 0 Å². The lowest BCUT2D eigenvalue weighted by molar-refractivity contribution is 0.00578. The third-order valence-electron chi connectivity index (χ3n) is 4.38. The first kappa shape index (κ1) is 16.2. The van der Waals surface area contributed by atoms with Gasteiger partial charge in [0.05, 0.1) is 16.9 Å². The van der Waals surface area contributed by atoms with Crippen molar-refractivity contribution in [3.05, 3.63) is 35.1 Å². The minimum absolute atomic E-state index is 0.0587. The van der Waals surface area contributed by atoms with E-state index in [2.05, 4.69) is 4.98 Å². The van der Waals surface area contributed by atoms with E-state index in [0.29, 0.717) is 0 Å². The summed E-state index contributed by atoms with van der Waals surface area (Å²) in [7, 11) is -0.363. The summed E-state index contributed by atoms with van der Waals surface area (Å²) in [5, 5.41) is 0. The molecule has 0 bridgehead atoms. The number of hydrogen-bond acceptors (Lipinski definition) is 4. The van der Waals surface area contributed by atoms with Crippen molar-refractivity contribution in [1.29, 1.82) is 0 Å². The molecule has 1 unspecified atom stereocenters. The summed E-state index contributed by atoms with van der Waals surface area (Å²) < 4.78 is 11.9. The van der Waals surface area contributed by atoms with Crippen LogP contribution in [0.25, 0.3) is 6.08 Å². The number of rotatable bonds is 3. The van der Waals surface area contributed by atoms with Gasteiger partial charge in [-0.05, 0) is 64.8 Å². The predicted molar refractivity (Wildman–Crippen MR) is 86.7 cm³/mol. The molecule has 0 aliphatic carbocycles. The molecular weight excluding hydrogens is 263 g/mol. The maximum Gasteiger partial charge on any atom is 0.487 e. The van der Waals surface area contributed by atoms with E-state index in [0.717, 1.165) is 16.8 Å². The van der Waals surface area contributed by atoms with Crippen molar-refractivity contribution in [2.24, 2.45) is 5.73 Å². The van der Waals surface area contributed by atoms with Crippen LogP contribution in [0.2, 0.25) is 0 Å². The Kier molecular flexibility index (Phi) is 4.29. The number of hydrogen-bond donors (Lipinski definition) is 1. The van der Waals surface area contributed by atoms with Gasteiger partial charge in [-0.2, -0.15) is 0 Å². The largest absolute Gasteiger partial charge is 0.487 e. The van der Waals surface area contributed by atoms with E-state index in [4.69, 9.17) is 15.0 Å². The lowest BCUT2D eigenvalue weighted by Crippen LogP contribution is -2.41. The number of nitrogens with zero attached hydrogens (tertiary/aromatic N) is 1. The third-order valence-corrected chi connectivity index (χ3v) is 4.38. The number of pyridine rings is 1. The zero-order chi connectivity index (χ0) is 15.8. The second-order valence-electron chi connectivity index (χ2n) is 6.70. The fourth-order valence-corrected chi connectivity index (χ4v) is 2.45. The summed E-state index contributed by atoms with van der Waals surface area (Å²) in [5.41, 5.74) is 8.48. The zero-order valence-corrected chi connectivity index (χ0v) is 13.8. The number of aromatic nitrogens is 1. The average Bonchev–Trinajstić information content (AvgIpc) is 2.54. The number of nitrogens with two attached hydrogens (primary N) is 1. The van der Waals surface area contributed by atoms with Crippen LogP contribution in [-0.2, 0) is 9.31 Å². The maximum atomic E-state index is 6.05. The Morgan fingerprint density at radius 3 is 2.33 bits per heavy atom. The van der Waals surface area contributed by atoms with Gasteiger partial charge >= 0.3 is 7.12 Å². The van der Waals surface area contributed by atoms with Gasteiger partial charge in [0.15, 0.2) is 0 Å². The molecule has 1 fully saturated rings. The van der Waals surface area contributed by atoms with Crippen LogP contribution >= 0.6 is 0 Å². The zero-order valence-electron chi connectivity index (χ0n) is 13.8. The molecule has 1 aromatic rings. The molecule has 1 aliphatic rings. The Bertz CT molecular complexity index is 537. The minimum Gasteiger partial charge on any atom is -0.400 e. The van der Waals surface area contributed by atoms with E-state index in [1.54, 1.807) is 6.20 Å². The maximum absolute atomic E-state index is 6.05. The van der Waals surface area contributed by atoms with Gasteiger partial charge in [0.1, 0.15) is 0 Å². The van der Waals surface area contributed by atoms with Gasteiger partial charge in [-0.15, -0.1) is 0 Å². The SMILES string of the molecule is Cc1ccnc(/C=C/B2OC(C)(C)C(C)(C)O2)c1C(C)N. The lowest BCUT2D eigenvalue weighted by atomic mass is 9.88. The highest BCUT2D eigenvalue weighted by Crippen LogP contribution is 2.37. The summed E-state index contributed by atoms with van der Waals surface area (Å²) in [5.74, 6) is 1.91. The van der Waals surface area contributed by atoms with Crippen LogP contribution in [0, 0.1) is 6.92 Å². The van der Waals surface area contributed by atoms with E-state index in [-0.39, 0.29) is 24.4 Å². The van der Waals surface area contributed by atoms with Gasteiger partial charge in [-0.25, -0.2) is 0 Å². The first-order valence-corrected chi connectivity index (χ1v) is 7.39. The van der Waals surface area contributed by atoms with Crippen molar-refractivity contribution >= 4 is 13.2 Å². The molecule has 0 radical (unpaired) electrons.